The highest BCUT2D eigenvalue weighted by Crippen LogP contribution is 2.20. The van der Waals surface area contributed by atoms with Gasteiger partial charge >= 0.3 is 0 Å². The van der Waals surface area contributed by atoms with Gasteiger partial charge in [0.1, 0.15) is 6.04 Å². The molecule has 0 saturated carbocycles. The number of amides is 2. The molecule has 2 atom stereocenters. The smallest absolute Gasteiger partial charge is 0.242 e. The molecule has 0 heterocycles. The molecule has 5 heteroatoms. The van der Waals surface area contributed by atoms with Gasteiger partial charge in [-0.25, -0.2) is 0 Å². The maximum absolute atomic E-state index is 13.1. The van der Waals surface area contributed by atoms with Gasteiger partial charge < -0.3 is 10.2 Å². The van der Waals surface area contributed by atoms with E-state index in [2.05, 4.69) is 5.32 Å². The number of aryl methyl sites for hydroxylation is 1. The molecule has 0 aliphatic rings. The second-order valence-electron chi connectivity index (χ2n) is 7.04. The Morgan fingerprint density at radius 3 is 2.32 bits per heavy atom. The number of carbonyl (C=O) groups excluding carboxylic acids is 2. The van der Waals surface area contributed by atoms with Crippen molar-refractivity contribution in [3.05, 3.63) is 65.7 Å². The second-order valence-corrected chi connectivity index (χ2v) is 8.09. The molecule has 0 unspecified atom stereocenters. The first-order valence-corrected chi connectivity index (χ1v) is 10.7. The van der Waals surface area contributed by atoms with Crippen molar-refractivity contribution in [1.29, 1.82) is 0 Å². The quantitative estimate of drug-likeness (QED) is 0.636. The van der Waals surface area contributed by atoms with Crippen molar-refractivity contribution in [2.75, 3.05) is 5.75 Å². The number of hydrogen-bond acceptors (Lipinski definition) is 3. The topological polar surface area (TPSA) is 49.4 Å². The third-order valence-corrected chi connectivity index (χ3v) is 5.87. The molecule has 0 fully saturated rings. The van der Waals surface area contributed by atoms with Crippen molar-refractivity contribution >= 4 is 23.6 Å². The van der Waals surface area contributed by atoms with E-state index >= 15 is 0 Å². The predicted molar refractivity (Wildman–Crippen MR) is 116 cm³/mol. The second kappa shape index (κ2) is 10.9. The van der Waals surface area contributed by atoms with Crippen molar-refractivity contribution in [2.45, 2.75) is 57.6 Å². The van der Waals surface area contributed by atoms with Crippen molar-refractivity contribution in [2.24, 2.45) is 0 Å². The van der Waals surface area contributed by atoms with E-state index in [1.54, 1.807) is 11.8 Å². The van der Waals surface area contributed by atoms with Gasteiger partial charge in [0.15, 0.2) is 0 Å². The van der Waals surface area contributed by atoms with Crippen LogP contribution in [0.4, 0.5) is 0 Å². The van der Waals surface area contributed by atoms with Crippen LogP contribution in [0.3, 0.4) is 0 Å². The summed E-state index contributed by atoms with van der Waals surface area (Å²) in [5.41, 5.74) is 2.18. The maximum atomic E-state index is 13.1. The fourth-order valence-electron chi connectivity index (χ4n) is 2.76. The third kappa shape index (κ3) is 6.41. The third-order valence-electron chi connectivity index (χ3n) is 4.88. The summed E-state index contributed by atoms with van der Waals surface area (Å²) >= 11 is 1.50. The van der Waals surface area contributed by atoms with Crippen LogP contribution >= 0.6 is 11.8 Å². The molecule has 2 amide bonds. The minimum absolute atomic E-state index is 0.0380. The number of benzene rings is 2. The number of nitrogens with zero attached hydrogens (tertiary/aromatic N) is 1. The van der Waals surface area contributed by atoms with Crippen LogP contribution in [-0.4, -0.2) is 34.6 Å². The van der Waals surface area contributed by atoms with Crippen LogP contribution in [0.25, 0.3) is 0 Å². The molecule has 2 aromatic carbocycles. The Bertz CT molecular complexity index is 779. The molecular weight excluding hydrogens is 368 g/mol. The van der Waals surface area contributed by atoms with Crippen molar-refractivity contribution < 1.29 is 9.59 Å². The Morgan fingerprint density at radius 1 is 1.04 bits per heavy atom. The number of carbonyl (C=O) groups is 2. The van der Waals surface area contributed by atoms with E-state index in [0.29, 0.717) is 12.3 Å². The Hall–Kier alpha value is -2.27. The standard InChI is InChI=1S/C23H30N2O2S/c1-5-18(3)24-23(27)19(4)25(15-20-12-10-9-11-17(20)2)22(26)16-28-21-13-7-6-8-14-21/h6-14,18-19H,5,15-16H2,1-4H3,(H,24,27)/t18-,19-/m0/s1. The highest BCUT2D eigenvalue weighted by atomic mass is 32.2. The van der Waals surface area contributed by atoms with Crippen LogP contribution in [0.2, 0.25) is 0 Å². The summed E-state index contributed by atoms with van der Waals surface area (Å²) in [7, 11) is 0. The van der Waals surface area contributed by atoms with Crippen LogP contribution in [0.15, 0.2) is 59.5 Å². The van der Waals surface area contributed by atoms with Gasteiger partial charge in [-0.3, -0.25) is 9.59 Å². The van der Waals surface area contributed by atoms with Crippen LogP contribution in [0.5, 0.6) is 0 Å². The zero-order valence-corrected chi connectivity index (χ0v) is 18.0. The van der Waals surface area contributed by atoms with E-state index in [1.165, 1.54) is 11.8 Å². The lowest BCUT2D eigenvalue weighted by molar-refractivity contribution is -0.138. The normalized spacial score (nSPS) is 12.9. The Morgan fingerprint density at radius 2 is 1.68 bits per heavy atom. The summed E-state index contributed by atoms with van der Waals surface area (Å²) in [6.45, 7) is 8.27. The first kappa shape index (κ1) is 22.0. The molecule has 1 N–H and O–H groups in total. The van der Waals surface area contributed by atoms with Crippen molar-refractivity contribution in [1.82, 2.24) is 10.2 Å². The van der Waals surface area contributed by atoms with E-state index in [1.807, 2.05) is 75.4 Å². The first-order chi connectivity index (χ1) is 13.4. The molecule has 0 spiro atoms. The van der Waals surface area contributed by atoms with Crippen LogP contribution in [-0.2, 0) is 16.1 Å². The van der Waals surface area contributed by atoms with E-state index < -0.39 is 6.04 Å². The SMILES string of the molecule is CC[C@H](C)NC(=O)[C@H](C)N(Cc1ccccc1C)C(=O)CSc1ccccc1. The lowest BCUT2D eigenvalue weighted by atomic mass is 10.1. The number of nitrogens with one attached hydrogen (secondary N) is 1. The molecule has 0 saturated heterocycles. The molecular formula is C23H30N2O2S. The van der Waals surface area contributed by atoms with E-state index in [-0.39, 0.29) is 17.9 Å². The highest BCUT2D eigenvalue weighted by Gasteiger charge is 2.27. The highest BCUT2D eigenvalue weighted by molar-refractivity contribution is 8.00. The van der Waals surface area contributed by atoms with Crippen LogP contribution < -0.4 is 5.32 Å². The summed E-state index contributed by atoms with van der Waals surface area (Å²) < 4.78 is 0. The Balaban J connectivity index is 2.15. The largest absolute Gasteiger partial charge is 0.352 e. The summed E-state index contributed by atoms with van der Waals surface area (Å²) in [4.78, 5) is 28.5. The molecule has 0 aliphatic heterocycles. The zero-order valence-electron chi connectivity index (χ0n) is 17.1. The summed E-state index contributed by atoms with van der Waals surface area (Å²) in [5, 5.41) is 3.00. The van der Waals surface area contributed by atoms with Gasteiger partial charge in [-0.1, -0.05) is 49.4 Å². The monoisotopic (exact) mass is 398 g/mol. The Labute approximate surface area is 172 Å². The van der Waals surface area contributed by atoms with Gasteiger partial charge in [-0.05, 0) is 50.5 Å². The molecule has 0 aromatic heterocycles. The molecule has 0 aliphatic carbocycles. The van der Waals surface area contributed by atoms with Crippen LogP contribution in [0.1, 0.15) is 38.3 Å². The van der Waals surface area contributed by atoms with Crippen molar-refractivity contribution in [3.63, 3.8) is 0 Å². The fraction of sp³-hybridized carbons (Fsp3) is 0.391. The molecule has 150 valence electrons. The van der Waals surface area contributed by atoms with Gasteiger partial charge in [-0.15, -0.1) is 11.8 Å². The lowest BCUT2D eigenvalue weighted by Crippen LogP contribution is -2.50. The summed E-state index contributed by atoms with van der Waals surface area (Å²) in [6.07, 6.45) is 0.855. The summed E-state index contributed by atoms with van der Waals surface area (Å²) in [5.74, 6) is 0.154. The zero-order chi connectivity index (χ0) is 20.5. The van der Waals surface area contributed by atoms with Gasteiger partial charge in [0.2, 0.25) is 11.8 Å². The number of thioether (sulfide) groups is 1. The lowest BCUT2D eigenvalue weighted by Gasteiger charge is -2.30. The average Bonchev–Trinajstić information content (AvgIpc) is 2.71. The minimum Gasteiger partial charge on any atom is -0.352 e. The van der Waals surface area contributed by atoms with Crippen LogP contribution in [0, 0.1) is 6.92 Å². The minimum atomic E-state index is -0.530. The first-order valence-electron chi connectivity index (χ1n) is 9.74. The number of rotatable bonds is 9. The Kier molecular flexibility index (Phi) is 8.58. The average molecular weight is 399 g/mol. The number of hydrogen-bond donors (Lipinski definition) is 1. The molecule has 0 radical (unpaired) electrons. The van der Waals surface area contributed by atoms with Gasteiger partial charge in [0.25, 0.3) is 0 Å². The fourth-order valence-corrected chi connectivity index (χ4v) is 3.57. The van der Waals surface area contributed by atoms with Gasteiger partial charge in [-0.2, -0.15) is 0 Å². The van der Waals surface area contributed by atoms with E-state index in [4.69, 9.17) is 0 Å². The van der Waals surface area contributed by atoms with Gasteiger partial charge in [0.05, 0.1) is 5.75 Å². The van der Waals surface area contributed by atoms with E-state index in [9.17, 15) is 9.59 Å². The predicted octanol–water partition coefficient (Wildman–Crippen LogP) is 4.42. The molecule has 28 heavy (non-hydrogen) atoms. The van der Waals surface area contributed by atoms with Gasteiger partial charge in [0, 0.05) is 17.5 Å². The van der Waals surface area contributed by atoms with Crippen molar-refractivity contribution in [3.8, 4) is 0 Å². The van der Waals surface area contributed by atoms with E-state index in [0.717, 1.165) is 22.4 Å². The molecule has 2 aromatic rings. The maximum Gasteiger partial charge on any atom is 0.242 e. The molecule has 2 rings (SSSR count). The molecule has 4 nitrogen and oxygen atoms in total. The summed E-state index contributed by atoms with van der Waals surface area (Å²) in [6, 6.07) is 17.4. The molecule has 0 bridgehead atoms.